The summed E-state index contributed by atoms with van der Waals surface area (Å²) < 4.78 is 18.9. The number of nitrogens with zero attached hydrogens (tertiary/aromatic N) is 6. The number of cyclic esters (lactones) is 1. The van der Waals surface area contributed by atoms with Gasteiger partial charge in [-0.25, -0.2) is 10.4 Å². The molecule has 21 heteroatoms. The number of hydrazine groups is 1. The van der Waals surface area contributed by atoms with E-state index >= 15 is 0 Å². The van der Waals surface area contributed by atoms with E-state index in [-0.39, 0.29) is 110 Å². The Bertz CT molecular complexity index is 2450. The van der Waals surface area contributed by atoms with Gasteiger partial charge in [0.2, 0.25) is 11.8 Å². The molecule has 1 unspecified atom stereocenters. The predicted octanol–water partition coefficient (Wildman–Crippen LogP) is 6.82. The van der Waals surface area contributed by atoms with E-state index in [1.807, 2.05) is 32.9 Å². The van der Waals surface area contributed by atoms with Gasteiger partial charge >= 0.3 is 5.97 Å². The Morgan fingerprint density at radius 3 is 2.45 bits per heavy atom. The van der Waals surface area contributed by atoms with E-state index in [4.69, 9.17) is 23.8 Å². The Kier molecular flexibility index (Phi) is 23.4. The van der Waals surface area contributed by atoms with Crippen molar-refractivity contribution >= 4 is 119 Å². The molecule has 15 nitrogen and oxygen atoms in total. The molecule has 3 amide bonds. The van der Waals surface area contributed by atoms with Crippen LogP contribution in [0.25, 0.3) is 32.7 Å². The lowest BCUT2D eigenvalue weighted by molar-refractivity contribution is -0.155. The fraction of sp³-hybridized carbons (Fsp3) is 0.542. The van der Waals surface area contributed by atoms with Crippen LogP contribution in [0.5, 0.6) is 0 Å². The molecule has 3 aliphatic rings. The molecule has 1 aliphatic carbocycles. The number of nitrogens with one attached hydrogen (secondary N) is 2. The highest BCUT2D eigenvalue weighted by Crippen LogP contribution is 2.42. The quantitative estimate of drug-likeness (QED) is 0.119. The standard InChI is InChI=1S/C48H62N8O7S.5H2S/c1-10-38(57)29-16-17-31(22-29)45(59)54(8)41(27(3)4)43(58)50-36-24-39-51-44(64-53-39)30-18-19-37-33(23-30)34(42(55(37)11-2)32-14-12-20-49-40(32)28(5)62-9)25-48(6,7)26-63-47(61)35-15-13-21-56(52-35)46(36)60;;;;;/h10,12,14,18-20,23,27-29,31,35-36,41,52H,1,11,13,15-17,21-22,24-26H2,2-9H3,(H,50,58);5*1H2/t28-,29?,31-,35-,36-,41-;;;;;/m0...../s1. The number of benzene rings is 1. The topological polar surface area (TPSA) is 178 Å². The van der Waals surface area contributed by atoms with Crippen molar-refractivity contribution in [2.24, 2.45) is 23.2 Å². The van der Waals surface area contributed by atoms with E-state index in [1.54, 1.807) is 20.4 Å². The van der Waals surface area contributed by atoms with Crippen LogP contribution in [0.4, 0.5) is 0 Å². The van der Waals surface area contributed by atoms with Crippen LogP contribution in [0.15, 0.2) is 49.2 Å². The fourth-order valence-corrected chi connectivity index (χ4v) is 10.4. The monoisotopic (exact) mass is 1060 g/mol. The number of methoxy groups -OCH3 is 1. The molecule has 4 aromatic rings. The molecule has 2 fully saturated rings. The first-order valence-electron chi connectivity index (χ1n) is 22.5. The van der Waals surface area contributed by atoms with Gasteiger partial charge in [0, 0.05) is 79.1 Å². The van der Waals surface area contributed by atoms with Crippen LogP contribution < -0.4 is 10.7 Å². The number of fused-ring (bicyclic) bond motifs is 6. The van der Waals surface area contributed by atoms with E-state index in [0.717, 1.165) is 39.0 Å². The van der Waals surface area contributed by atoms with Gasteiger partial charge in [0.15, 0.2) is 5.78 Å². The molecule has 7 rings (SSSR count). The van der Waals surface area contributed by atoms with Crippen LogP contribution in [0, 0.1) is 23.2 Å². The molecule has 382 valence electrons. The van der Waals surface area contributed by atoms with Gasteiger partial charge in [-0.3, -0.25) is 34.0 Å². The summed E-state index contributed by atoms with van der Waals surface area (Å²) in [6.07, 6.45) is 5.87. The molecule has 1 saturated carbocycles. The van der Waals surface area contributed by atoms with E-state index in [1.165, 1.54) is 27.5 Å². The minimum Gasteiger partial charge on any atom is -0.464 e. The van der Waals surface area contributed by atoms with Gasteiger partial charge in [-0.1, -0.05) is 34.3 Å². The zero-order chi connectivity index (χ0) is 46.0. The van der Waals surface area contributed by atoms with Crippen LogP contribution in [-0.4, -0.2) is 104 Å². The van der Waals surface area contributed by atoms with Gasteiger partial charge in [-0.2, -0.15) is 71.9 Å². The number of hydrogen-bond donors (Lipinski definition) is 2. The Morgan fingerprint density at radius 2 is 1.78 bits per heavy atom. The number of esters is 1. The van der Waals surface area contributed by atoms with Gasteiger partial charge < -0.3 is 24.3 Å². The molecular weight excluding hydrogens is 993 g/mol. The highest BCUT2D eigenvalue weighted by atomic mass is 32.1. The smallest absolute Gasteiger partial charge is 0.324 e. The third-order valence-corrected chi connectivity index (χ3v) is 13.9. The summed E-state index contributed by atoms with van der Waals surface area (Å²) in [7, 11) is 3.28. The number of ketones is 1. The SMILES string of the molecule is C=CC(=O)C1CC[C@H](C(=O)N(C)[C@H](C(=O)N[C@H]2Cc3nsc(n3)-c3ccc4c(c3)c(c(-c3cccnc3[C@H](C)OC)n4CC)CC(C)(C)COC(=O)[C@@H]3CCCN(N3)C2=O)C(C)C)C1.S.S.S.S.S. The van der Waals surface area contributed by atoms with Crippen molar-refractivity contribution in [2.45, 2.75) is 117 Å². The summed E-state index contributed by atoms with van der Waals surface area (Å²) in [6.45, 7) is 16.7. The Balaban J connectivity index is 0.00000327. The van der Waals surface area contributed by atoms with E-state index < -0.39 is 47.2 Å². The van der Waals surface area contributed by atoms with Gasteiger partial charge in [-0.15, -0.1) is 0 Å². The van der Waals surface area contributed by atoms with Gasteiger partial charge in [0.25, 0.3) is 5.91 Å². The number of carbonyl (C=O) groups is 5. The second-order valence-electron chi connectivity index (χ2n) is 18.6. The molecule has 2 aliphatic heterocycles. The molecule has 0 radical (unpaired) electrons. The number of allylic oxidation sites excluding steroid dienone is 1. The lowest BCUT2D eigenvalue weighted by atomic mass is 9.84. The van der Waals surface area contributed by atoms with E-state index in [9.17, 15) is 24.0 Å². The number of hydrogen-bond acceptors (Lipinski definition) is 12. The minimum atomic E-state index is -1.14. The maximum absolute atomic E-state index is 14.6. The number of amides is 3. The highest BCUT2D eigenvalue weighted by molar-refractivity contribution is 7.60. The molecule has 69 heavy (non-hydrogen) atoms. The van der Waals surface area contributed by atoms with Gasteiger partial charge in [0.05, 0.1) is 24.1 Å². The maximum atomic E-state index is 14.6. The molecular formula is C48H72N8O7S6. The number of aromatic nitrogens is 4. The third-order valence-electron chi connectivity index (χ3n) is 13.1. The Hall–Kier alpha value is -3.57. The molecule has 0 spiro atoms. The number of aryl methyl sites for hydroxylation is 1. The number of rotatable bonds is 11. The lowest BCUT2D eigenvalue weighted by Gasteiger charge is -2.36. The summed E-state index contributed by atoms with van der Waals surface area (Å²) in [5.74, 6) is -2.34. The Labute approximate surface area is 445 Å². The number of ether oxygens (including phenoxy) is 2. The average Bonchev–Trinajstić information content (AvgIpc) is 4.05. The van der Waals surface area contributed by atoms with Crippen molar-refractivity contribution in [3.63, 3.8) is 0 Å². The number of likely N-dealkylation sites (N-methyl/N-ethyl adjacent to an activating group) is 1. The van der Waals surface area contributed by atoms with Crippen molar-refractivity contribution in [3.05, 3.63) is 66.3 Å². The first-order chi connectivity index (χ1) is 30.5. The zero-order valence-electron chi connectivity index (χ0n) is 40.8. The number of pyridine rings is 1. The van der Waals surface area contributed by atoms with Crippen LogP contribution in [0.3, 0.4) is 0 Å². The van der Waals surface area contributed by atoms with Crippen molar-refractivity contribution in [1.82, 2.24) is 39.6 Å². The van der Waals surface area contributed by atoms with Crippen molar-refractivity contribution < 1.29 is 33.4 Å². The summed E-state index contributed by atoms with van der Waals surface area (Å²) in [5.41, 5.74) is 8.37. The minimum absolute atomic E-state index is 0. The third kappa shape index (κ3) is 13.3. The van der Waals surface area contributed by atoms with E-state index in [0.29, 0.717) is 62.4 Å². The van der Waals surface area contributed by atoms with Crippen molar-refractivity contribution in [2.75, 3.05) is 27.3 Å². The molecule has 2 N–H and O–H groups in total. The largest absolute Gasteiger partial charge is 0.464 e. The first kappa shape index (κ1) is 61.5. The van der Waals surface area contributed by atoms with Crippen LogP contribution >= 0.6 is 79.0 Å². The van der Waals surface area contributed by atoms with Crippen LogP contribution in [0.2, 0.25) is 0 Å². The normalized spacial score (nSPS) is 20.8. The Morgan fingerprint density at radius 1 is 1.07 bits per heavy atom. The van der Waals surface area contributed by atoms with E-state index in [2.05, 4.69) is 60.9 Å². The van der Waals surface area contributed by atoms with Crippen molar-refractivity contribution in [1.29, 1.82) is 0 Å². The molecule has 1 saturated heterocycles. The summed E-state index contributed by atoms with van der Waals surface area (Å²) in [5, 5.41) is 6.05. The second-order valence-corrected chi connectivity index (χ2v) is 19.4. The van der Waals surface area contributed by atoms with Gasteiger partial charge in [-0.05, 0) is 112 Å². The number of carbonyl (C=O) groups excluding carboxylic acids is 5. The maximum Gasteiger partial charge on any atom is 0.324 e. The summed E-state index contributed by atoms with van der Waals surface area (Å²) >= 11 is 1.22. The molecule has 3 aromatic heterocycles. The molecule has 6 atom stereocenters. The molecule has 5 heterocycles. The summed E-state index contributed by atoms with van der Waals surface area (Å²) in [6, 6.07) is 7.44. The van der Waals surface area contributed by atoms with Crippen LogP contribution in [-0.2, 0) is 52.8 Å². The zero-order valence-corrected chi connectivity index (χ0v) is 46.6. The molecule has 6 bridgehead atoms. The first-order valence-corrected chi connectivity index (χ1v) is 23.3. The lowest BCUT2D eigenvalue weighted by Crippen LogP contribution is -2.62. The van der Waals surface area contributed by atoms with Crippen LogP contribution in [0.1, 0.15) is 96.8 Å². The molecule has 1 aromatic carbocycles. The predicted molar refractivity (Wildman–Crippen MR) is 296 cm³/mol. The highest BCUT2D eigenvalue weighted by Gasteiger charge is 2.41. The average molecular weight is 1070 g/mol. The van der Waals surface area contributed by atoms with Crippen molar-refractivity contribution in [3.8, 4) is 21.8 Å². The summed E-state index contributed by atoms with van der Waals surface area (Å²) in [4.78, 5) is 80.3. The second kappa shape index (κ2) is 26.2. The van der Waals surface area contributed by atoms with Gasteiger partial charge in [0.1, 0.15) is 29.0 Å². The fourth-order valence-electron chi connectivity index (χ4n) is 9.70.